The van der Waals surface area contributed by atoms with Crippen molar-refractivity contribution in [2.75, 3.05) is 6.61 Å². The van der Waals surface area contributed by atoms with Gasteiger partial charge in [0.25, 0.3) is 0 Å². The first-order valence-corrected chi connectivity index (χ1v) is 7.73. The molecule has 20 heavy (non-hydrogen) atoms. The highest BCUT2D eigenvalue weighted by Crippen LogP contribution is 2.36. The van der Waals surface area contributed by atoms with Gasteiger partial charge in [0.1, 0.15) is 5.75 Å². The predicted octanol–water partition coefficient (Wildman–Crippen LogP) is 3.89. The molecule has 0 aromatic heterocycles. The number of para-hydroxylation sites is 1. The summed E-state index contributed by atoms with van der Waals surface area (Å²) in [6.45, 7) is 0.755. The minimum atomic E-state index is 0.157. The Balaban J connectivity index is 1.64. The van der Waals surface area contributed by atoms with E-state index in [9.17, 15) is 0 Å². The number of rotatable bonds is 4. The summed E-state index contributed by atoms with van der Waals surface area (Å²) in [5.74, 6) is 1.44. The number of nitrogens with two attached hydrogens (primary N) is 1. The van der Waals surface area contributed by atoms with E-state index in [1.54, 1.807) is 0 Å². The minimum Gasteiger partial charge on any atom is -0.493 e. The van der Waals surface area contributed by atoms with Gasteiger partial charge >= 0.3 is 0 Å². The topological polar surface area (TPSA) is 35.2 Å². The molecule has 2 aromatic carbocycles. The van der Waals surface area contributed by atoms with Crippen molar-refractivity contribution in [2.24, 2.45) is 5.73 Å². The summed E-state index contributed by atoms with van der Waals surface area (Å²) in [6.07, 6.45) is 1.86. The van der Waals surface area contributed by atoms with E-state index >= 15 is 0 Å². The van der Waals surface area contributed by atoms with E-state index < -0.39 is 0 Å². The van der Waals surface area contributed by atoms with Gasteiger partial charge in [0, 0.05) is 22.0 Å². The Hall–Kier alpha value is -1.32. The van der Waals surface area contributed by atoms with Crippen molar-refractivity contribution < 1.29 is 4.74 Å². The summed E-state index contributed by atoms with van der Waals surface area (Å²) in [6, 6.07) is 16.8. The van der Waals surface area contributed by atoms with Gasteiger partial charge in [-0.05, 0) is 36.6 Å². The highest BCUT2D eigenvalue weighted by molar-refractivity contribution is 9.10. The Kier molecular flexibility index (Phi) is 4.08. The summed E-state index contributed by atoms with van der Waals surface area (Å²) in [5.41, 5.74) is 8.90. The Morgan fingerprint density at radius 2 is 2.05 bits per heavy atom. The van der Waals surface area contributed by atoms with Crippen LogP contribution < -0.4 is 10.5 Å². The molecule has 2 unspecified atom stereocenters. The van der Waals surface area contributed by atoms with Gasteiger partial charge in [-0.1, -0.05) is 46.3 Å². The fourth-order valence-corrected chi connectivity index (χ4v) is 3.29. The van der Waals surface area contributed by atoms with Crippen molar-refractivity contribution in [2.45, 2.75) is 24.8 Å². The maximum atomic E-state index is 6.32. The van der Waals surface area contributed by atoms with Crippen molar-refractivity contribution in [1.29, 1.82) is 0 Å². The molecule has 0 amide bonds. The minimum absolute atomic E-state index is 0.157. The van der Waals surface area contributed by atoms with Crippen LogP contribution in [-0.4, -0.2) is 12.6 Å². The molecule has 0 radical (unpaired) electrons. The van der Waals surface area contributed by atoms with Crippen LogP contribution in [0.1, 0.15) is 23.5 Å². The predicted molar refractivity (Wildman–Crippen MR) is 85.1 cm³/mol. The third-order valence-electron chi connectivity index (χ3n) is 3.77. The smallest absolute Gasteiger partial charge is 0.122 e. The quantitative estimate of drug-likeness (QED) is 0.922. The van der Waals surface area contributed by atoms with Crippen LogP contribution in [0.4, 0.5) is 0 Å². The number of benzene rings is 2. The highest BCUT2D eigenvalue weighted by Gasteiger charge is 2.25. The van der Waals surface area contributed by atoms with E-state index in [2.05, 4.69) is 46.3 Å². The molecule has 2 N–H and O–H groups in total. The van der Waals surface area contributed by atoms with Crippen molar-refractivity contribution >= 4 is 15.9 Å². The molecule has 0 aliphatic carbocycles. The number of fused-ring (bicyclic) bond motifs is 1. The molecule has 0 saturated carbocycles. The molecule has 104 valence electrons. The average Bonchev–Trinajstić information content (AvgIpc) is 2.82. The molecule has 0 bridgehead atoms. The van der Waals surface area contributed by atoms with Gasteiger partial charge in [-0.25, -0.2) is 0 Å². The lowest BCUT2D eigenvalue weighted by Crippen LogP contribution is -2.26. The molecule has 0 spiro atoms. The molecular formula is C17H18BrNO. The van der Waals surface area contributed by atoms with Crippen LogP contribution in [0, 0.1) is 0 Å². The number of ether oxygens (including phenoxy) is 1. The fourth-order valence-electron chi connectivity index (χ4n) is 2.84. The monoisotopic (exact) mass is 331 g/mol. The average molecular weight is 332 g/mol. The molecule has 2 nitrogen and oxygen atoms in total. The van der Waals surface area contributed by atoms with Crippen molar-refractivity contribution in [3.8, 4) is 5.75 Å². The van der Waals surface area contributed by atoms with Crippen LogP contribution >= 0.6 is 15.9 Å². The van der Waals surface area contributed by atoms with Gasteiger partial charge < -0.3 is 10.5 Å². The Morgan fingerprint density at radius 1 is 1.20 bits per heavy atom. The third kappa shape index (κ3) is 3.05. The Morgan fingerprint density at radius 3 is 2.90 bits per heavy atom. The zero-order chi connectivity index (χ0) is 13.9. The van der Waals surface area contributed by atoms with Crippen LogP contribution in [0.2, 0.25) is 0 Å². The van der Waals surface area contributed by atoms with Gasteiger partial charge in [0.05, 0.1) is 6.61 Å². The molecule has 1 heterocycles. The molecule has 2 aromatic rings. The molecule has 0 fully saturated rings. The SMILES string of the molecule is NC(Cc1cccc(Br)c1)CC1COc2ccccc21. The van der Waals surface area contributed by atoms with Gasteiger partial charge in [-0.2, -0.15) is 0 Å². The van der Waals surface area contributed by atoms with Gasteiger partial charge in [0.2, 0.25) is 0 Å². The molecule has 0 saturated heterocycles. The summed E-state index contributed by atoms with van der Waals surface area (Å²) >= 11 is 3.50. The zero-order valence-corrected chi connectivity index (χ0v) is 12.8. The van der Waals surface area contributed by atoms with Crippen LogP contribution in [-0.2, 0) is 6.42 Å². The number of hydrogen-bond donors (Lipinski definition) is 1. The Labute approximate surface area is 128 Å². The zero-order valence-electron chi connectivity index (χ0n) is 11.3. The van der Waals surface area contributed by atoms with E-state index in [4.69, 9.17) is 10.5 Å². The maximum Gasteiger partial charge on any atom is 0.122 e. The fraction of sp³-hybridized carbons (Fsp3) is 0.294. The summed E-state index contributed by atoms with van der Waals surface area (Å²) < 4.78 is 6.83. The first-order chi connectivity index (χ1) is 9.72. The largest absolute Gasteiger partial charge is 0.493 e. The third-order valence-corrected chi connectivity index (χ3v) is 4.27. The van der Waals surface area contributed by atoms with E-state index in [1.807, 2.05) is 18.2 Å². The number of halogens is 1. The summed E-state index contributed by atoms with van der Waals surface area (Å²) in [4.78, 5) is 0. The summed E-state index contributed by atoms with van der Waals surface area (Å²) in [5, 5.41) is 0. The number of hydrogen-bond acceptors (Lipinski definition) is 2. The van der Waals surface area contributed by atoms with Crippen LogP contribution in [0.25, 0.3) is 0 Å². The van der Waals surface area contributed by atoms with Gasteiger partial charge in [-0.3, -0.25) is 0 Å². The van der Waals surface area contributed by atoms with E-state index in [0.29, 0.717) is 5.92 Å². The van der Waals surface area contributed by atoms with E-state index in [0.717, 1.165) is 29.7 Å². The van der Waals surface area contributed by atoms with Crippen LogP contribution in [0.5, 0.6) is 5.75 Å². The standard InChI is InChI=1S/C17H18BrNO/c18-14-5-3-4-12(8-14)9-15(19)10-13-11-20-17-7-2-1-6-16(13)17/h1-8,13,15H,9-11,19H2. The first kappa shape index (κ1) is 13.7. The highest BCUT2D eigenvalue weighted by atomic mass is 79.9. The lowest BCUT2D eigenvalue weighted by Gasteiger charge is -2.16. The normalized spacial score (nSPS) is 18.4. The van der Waals surface area contributed by atoms with Crippen molar-refractivity contribution in [3.05, 3.63) is 64.1 Å². The lowest BCUT2D eigenvalue weighted by molar-refractivity contribution is 0.318. The molecule has 1 aliphatic rings. The van der Waals surface area contributed by atoms with E-state index in [1.165, 1.54) is 11.1 Å². The first-order valence-electron chi connectivity index (χ1n) is 6.94. The van der Waals surface area contributed by atoms with Crippen molar-refractivity contribution in [3.63, 3.8) is 0 Å². The van der Waals surface area contributed by atoms with Crippen LogP contribution in [0.3, 0.4) is 0 Å². The van der Waals surface area contributed by atoms with Gasteiger partial charge in [-0.15, -0.1) is 0 Å². The second kappa shape index (κ2) is 5.98. The second-order valence-electron chi connectivity index (χ2n) is 5.38. The van der Waals surface area contributed by atoms with Crippen LogP contribution in [0.15, 0.2) is 53.0 Å². The van der Waals surface area contributed by atoms with E-state index in [-0.39, 0.29) is 6.04 Å². The van der Waals surface area contributed by atoms with Crippen molar-refractivity contribution in [1.82, 2.24) is 0 Å². The lowest BCUT2D eigenvalue weighted by atomic mass is 9.91. The summed E-state index contributed by atoms with van der Waals surface area (Å²) in [7, 11) is 0. The second-order valence-corrected chi connectivity index (χ2v) is 6.29. The molecule has 3 rings (SSSR count). The maximum absolute atomic E-state index is 6.32. The Bertz CT molecular complexity index is 599. The molecule has 1 aliphatic heterocycles. The molecule has 3 heteroatoms. The van der Waals surface area contributed by atoms with Gasteiger partial charge in [0.15, 0.2) is 0 Å². The molecule has 2 atom stereocenters. The molecular weight excluding hydrogens is 314 g/mol.